The van der Waals surface area contributed by atoms with Gasteiger partial charge in [-0.2, -0.15) is 0 Å². The van der Waals surface area contributed by atoms with E-state index in [0.717, 1.165) is 17.1 Å². The van der Waals surface area contributed by atoms with Gasteiger partial charge in [-0.25, -0.2) is 0 Å². The van der Waals surface area contributed by atoms with E-state index in [-0.39, 0.29) is 0 Å². The molecule has 1 nitrogen and oxygen atoms in total. The Hall–Kier alpha value is -6.74. The predicted octanol–water partition coefficient (Wildman–Crippen LogP) is 15.3. The highest BCUT2D eigenvalue weighted by atomic mass is 32.1. The fourth-order valence-corrected chi connectivity index (χ4v) is 8.85. The molecule has 0 radical (unpaired) electrons. The number of anilines is 3. The maximum absolute atomic E-state index is 2.38. The molecule has 0 saturated heterocycles. The minimum absolute atomic E-state index is 1.11. The molecule has 10 rings (SSSR count). The molecule has 0 saturated carbocycles. The topological polar surface area (TPSA) is 3.24 Å². The predicted molar refractivity (Wildman–Crippen MR) is 233 cm³/mol. The number of hydrogen-bond donors (Lipinski definition) is 0. The molecule has 9 aromatic carbocycles. The Bertz CT molecular complexity index is 2920. The monoisotopic (exact) mass is 705 g/mol. The van der Waals surface area contributed by atoms with Gasteiger partial charge in [-0.3, -0.25) is 0 Å². The number of benzene rings is 9. The van der Waals surface area contributed by atoms with Crippen LogP contribution in [0.15, 0.2) is 212 Å². The molecule has 0 aliphatic carbocycles. The lowest BCUT2D eigenvalue weighted by Gasteiger charge is -2.26. The summed E-state index contributed by atoms with van der Waals surface area (Å²) in [6.45, 7) is 0. The molecule has 0 aliphatic heterocycles. The van der Waals surface area contributed by atoms with Crippen LogP contribution in [0.4, 0.5) is 17.1 Å². The molecule has 2 heteroatoms. The summed E-state index contributed by atoms with van der Waals surface area (Å²) in [5.41, 5.74) is 13.1. The normalized spacial score (nSPS) is 11.3. The lowest BCUT2D eigenvalue weighted by Crippen LogP contribution is -2.09. The molecular weight excluding hydrogens is 671 g/mol. The van der Waals surface area contributed by atoms with E-state index < -0.39 is 0 Å². The van der Waals surface area contributed by atoms with E-state index in [0.29, 0.717) is 0 Å². The van der Waals surface area contributed by atoms with Crippen LogP contribution in [0.1, 0.15) is 0 Å². The Labute approximate surface area is 319 Å². The fraction of sp³-hybridized carbons (Fsp3) is 0. The highest BCUT2D eigenvalue weighted by Crippen LogP contribution is 2.42. The third-order valence-corrected chi connectivity index (χ3v) is 11.6. The second-order valence-corrected chi connectivity index (χ2v) is 14.8. The summed E-state index contributed by atoms with van der Waals surface area (Å²) in [6, 6.07) is 77.1. The highest BCUT2D eigenvalue weighted by molar-refractivity contribution is 7.25. The van der Waals surface area contributed by atoms with E-state index in [1.807, 2.05) is 11.3 Å². The van der Waals surface area contributed by atoms with E-state index in [1.54, 1.807) is 0 Å². The first kappa shape index (κ1) is 32.0. The molecule has 0 amide bonds. The molecule has 54 heavy (non-hydrogen) atoms. The Balaban J connectivity index is 1.04. The highest BCUT2D eigenvalue weighted by Gasteiger charge is 2.16. The zero-order valence-electron chi connectivity index (χ0n) is 29.6. The smallest absolute Gasteiger partial charge is 0.0468 e. The van der Waals surface area contributed by atoms with Gasteiger partial charge in [0, 0.05) is 37.2 Å². The summed E-state index contributed by atoms with van der Waals surface area (Å²) in [4.78, 5) is 2.38. The maximum Gasteiger partial charge on any atom is 0.0468 e. The number of thiophene rings is 1. The molecule has 0 unspecified atom stereocenters. The molecule has 0 fully saturated rings. The van der Waals surface area contributed by atoms with Gasteiger partial charge in [0.15, 0.2) is 0 Å². The van der Waals surface area contributed by atoms with Gasteiger partial charge in [0.25, 0.3) is 0 Å². The third-order valence-electron chi connectivity index (χ3n) is 10.5. The van der Waals surface area contributed by atoms with Crippen LogP contribution in [-0.2, 0) is 0 Å². The van der Waals surface area contributed by atoms with Crippen molar-refractivity contribution in [2.75, 3.05) is 4.90 Å². The van der Waals surface area contributed by atoms with E-state index in [4.69, 9.17) is 0 Å². The summed E-state index contributed by atoms with van der Waals surface area (Å²) >= 11 is 1.85. The molecule has 0 spiro atoms. The number of rotatable bonds is 7. The second kappa shape index (κ2) is 13.7. The number of hydrogen-bond acceptors (Lipinski definition) is 2. The maximum atomic E-state index is 2.38. The fourth-order valence-electron chi connectivity index (χ4n) is 7.76. The van der Waals surface area contributed by atoms with Crippen LogP contribution < -0.4 is 4.90 Å². The van der Waals surface area contributed by atoms with E-state index in [9.17, 15) is 0 Å². The first-order valence-corrected chi connectivity index (χ1v) is 19.2. The van der Waals surface area contributed by atoms with Crippen molar-refractivity contribution >= 4 is 59.3 Å². The summed E-state index contributed by atoms with van der Waals surface area (Å²) in [5.74, 6) is 0. The average molecular weight is 706 g/mol. The standard InChI is InChI=1S/C52H35NS/c1-2-11-36(12-3-1)40-15-8-16-41(33-40)37-23-27-44(28-24-37)53(46-31-32-52-50(35-46)49-20-6-7-22-51(49)54-52)45-29-25-38(26-30-45)42-17-9-18-43(34-42)48-21-10-14-39-13-4-5-19-47(39)48/h1-35H. The van der Waals surface area contributed by atoms with E-state index >= 15 is 0 Å². The van der Waals surface area contributed by atoms with Gasteiger partial charge >= 0.3 is 0 Å². The first-order valence-electron chi connectivity index (χ1n) is 18.4. The molecule has 0 atom stereocenters. The Morgan fingerprint density at radius 1 is 0.278 bits per heavy atom. The van der Waals surface area contributed by atoms with Crippen molar-refractivity contribution in [2.24, 2.45) is 0 Å². The van der Waals surface area contributed by atoms with Crippen LogP contribution in [-0.4, -0.2) is 0 Å². The Kier molecular flexibility index (Phi) is 8.09. The van der Waals surface area contributed by atoms with Crippen molar-refractivity contribution in [1.29, 1.82) is 0 Å². The lowest BCUT2D eigenvalue weighted by atomic mass is 9.95. The zero-order chi connectivity index (χ0) is 35.8. The van der Waals surface area contributed by atoms with E-state index in [2.05, 4.69) is 217 Å². The van der Waals surface area contributed by atoms with Crippen LogP contribution >= 0.6 is 11.3 Å². The van der Waals surface area contributed by atoms with Crippen LogP contribution in [0.2, 0.25) is 0 Å². The summed E-state index contributed by atoms with van der Waals surface area (Å²) in [5, 5.41) is 5.12. The molecule has 0 bridgehead atoms. The van der Waals surface area contributed by atoms with Gasteiger partial charge in [0.05, 0.1) is 0 Å². The van der Waals surface area contributed by atoms with Crippen molar-refractivity contribution in [3.8, 4) is 44.5 Å². The van der Waals surface area contributed by atoms with Crippen molar-refractivity contribution in [1.82, 2.24) is 0 Å². The molecule has 10 aromatic rings. The lowest BCUT2D eigenvalue weighted by molar-refractivity contribution is 1.29. The average Bonchev–Trinajstić information content (AvgIpc) is 3.63. The quantitative estimate of drug-likeness (QED) is 0.160. The SMILES string of the molecule is c1ccc(-c2cccc(-c3ccc(N(c4ccc(-c5cccc(-c6cccc7ccccc67)c5)cc4)c4ccc5sc6ccccc6c5c4)cc3)c2)cc1. The van der Waals surface area contributed by atoms with Gasteiger partial charge in [-0.05, 0) is 116 Å². The van der Waals surface area contributed by atoms with Gasteiger partial charge in [0.2, 0.25) is 0 Å². The molecule has 1 aromatic heterocycles. The largest absolute Gasteiger partial charge is 0.310 e. The second-order valence-electron chi connectivity index (χ2n) is 13.8. The van der Waals surface area contributed by atoms with Crippen LogP contribution in [0, 0.1) is 0 Å². The van der Waals surface area contributed by atoms with E-state index in [1.165, 1.54) is 75.5 Å². The van der Waals surface area contributed by atoms with Gasteiger partial charge in [-0.15, -0.1) is 11.3 Å². The van der Waals surface area contributed by atoms with Crippen LogP contribution in [0.25, 0.3) is 75.5 Å². The first-order chi connectivity index (χ1) is 26.7. The van der Waals surface area contributed by atoms with Gasteiger partial charge in [-0.1, -0.05) is 152 Å². The third kappa shape index (κ3) is 5.93. The summed E-state index contributed by atoms with van der Waals surface area (Å²) in [7, 11) is 0. The van der Waals surface area contributed by atoms with Gasteiger partial charge < -0.3 is 4.90 Å². The van der Waals surface area contributed by atoms with Crippen LogP contribution in [0.3, 0.4) is 0 Å². The molecular formula is C52H35NS. The van der Waals surface area contributed by atoms with Gasteiger partial charge in [0.1, 0.15) is 0 Å². The van der Waals surface area contributed by atoms with Crippen molar-refractivity contribution in [3.05, 3.63) is 212 Å². The van der Waals surface area contributed by atoms with Crippen molar-refractivity contribution in [3.63, 3.8) is 0 Å². The molecule has 0 N–H and O–H groups in total. The molecule has 0 aliphatic rings. The zero-order valence-corrected chi connectivity index (χ0v) is 30.4. The van der Waals surface area contributed by atoms with Crippen molar-refractivity contribution < 1.29 is 0 Å². The minimum atomic E-state index is 1.11. The minimum Gasteiger partial charge on any atom is -0.310 e. The van der Waals surface area contributed by atoms with Crippen LogP contribution in [0.5, 0.6) is 0 Å². The summed E-state index contributed by atoms with van der Waals surface area (Å²) < 4.78 is 2.61. The molecule has 254 valence electrons. The Morgan fingerprint density at radius 2 is 0.759 bits per heavy atom. The molecule has 1 heterocycles. The Morgan fingerprint density at radius 3 is 1.46 bits per heavy atom. The van der Waals surface area contributed by atoms with Crippen molar-refractivity contribution in [2.45, 2.75) is 0 Å². The number of nitrogens with zero attached hydrogens (tertiary/aromatic N) is 1. The number of fused-ring (bicyclic) bond motifs is 4. The summed E-state index contributed by atoms with van der Waals surface area (Å²) in [6.07, 6.45) is 0.